The molecule has 0 spiro atoms. The first-order valence-corrected chi connectivity index (χ1v) is 5.93. The summed E-state index contributed by atoms with van der Waals surface area (Å²) < 4.78 is 5.46. The van der Waals surface area contributed by atoms with Gasteiger partial charge in [0.25, 0.3) is 0 Å². The Hall–Kier alpha value is -1.74. The first-order valence-electron chi connectivity index (χ1n) is 5.93. The Labute approximate surface area is 102 Å². The summed E-state index contributed by atoms with van der Waals surface area (Å²) in [6.07, 6.45) is 1.94. The van der Waals surface area contributed by atoms with Crippen molar-refractivity contribution in [1.82, 2.24) is 10.3 Å². The molecule has 1 heterocycles. The highest BCUT2D eigenvalue weighted by Gasteiger charge is 1.97. The molecule has 2 N–H and O–H groups in total. The molecule has 0 bridgehead atoms. The third-order valence-corrected chi connectivity index (χ3v) is 2.52. The van der Waals surface area contributed by atoms with E-state index in [9.17, 15) is 0 Å². The molecule has 0 atom stereocenters. The second kappa shape index (κ2) is 6.11. The molecule has 1 aromatic carbocycles. The van der Waals surface area contributed by atoms with Crippen molar-refractivity contribution >= 4 is 0 Å². The molecule has 0 amide bonds. The summed E-state index contributed by atoms with van der Waals surface area (Å²) in [5.41, 5.74) is 2.44. The van der Waals surface area contributed by atoms with Crippen LogP contribution in [-0.2, 0) is 13.1 Å². The molecule has 1 aromatic heterocycles. The topological polar surface area (TPSA) is 37.0 Å². The molecule has 0 unspecified atom stereocenters. The minimum absolute atomic E-state index is 0.708. The van der Waals surface area contributed by atoms with Crippen LogP contribution in [0.4, 0.5) is 0 Å². The van der Waals surface area contributed by atoms with Crippen LogP contribution < -0.4 is 10.1 Å². The van der Waals surface area contributed by atoms with Gasteiger partial charge in [0.2, 0.25) is 0 Å². The standard InChI is InChI=1S/C14H18N2O/c1-2-17-14-7-3-5-12(9-14)10-15-11-13-6-4-8-16-13/h3-9,15-16H,2,10-11H2,1H3. The van der Waals surface area contributed by atoms with Gasteiger partial charge in [0.15, 0.2) is 0 Å². The van der Waals surface area contributed by atoms with Crippen LogP contribution in [0, 0.1) is 0 Å². The van der Waals surface area contributed by atoms with E-state index in [1.807, 2.05) is 31.3 Å². The van der Waals surface area contributed by atoms with E-state index >= 15 is 0 Å². The number of aromatic nitrogens is 1. The SMILES string of the molecule is CCOc1cccc(CNCc2ccc[nH]2)c1. The summed E-state index contributed by atoms with van der Waals surface area (Å²) in [5.74, 6) is 0.937. The highest BCUT2D eigenvalue weighted by molar-refractivity contribution is 5.28. The lowest BCUT2D eigenvalue weighted by atomic mass is 10.2. The van der Waals surface area contributed by atoms with Gasteiger partial charge in [0, 0.05) is 25.0 Å². The summed E-state index contributed by atoms with van der Waals surface area (Å²) in [6.45, 7) is 4.40. The molecule has 0 saturated heterocycles. The van der Waals surface area contributed by atoms with E-state index in [4.69, 9.17) is 4.74 Å². The Morgan fingerprint density at radius 2 is 2.12 bits per heavy atom. The first-order chi connectivity index (χ1) is 8.38. The Morgan fingerprint density at radius 3 is 2.88 bits per heavy atom. The van der Waals surface area contributed by atoms with Crippen LogP contribution in [0.15, 0.2) is 42.6 Å². The van der Waals surface area contributed by atoms with Crippen molar-refractivity contribution in [3.63, 3.8) is 0 Å². The molecule has 0 radical (unpaired) electrons. The largest absolute Gasteiger partial charge is 0.494 e. The van der Waals surface area contributed by atoms with Gasteiger partial charge in [-0.2, -0.15) is 0 Å². The van der Waals surface area contributed by atoms with Gasteiger partial charge in [0.1, 0.15) is 5.75 Å². The van der Waals surface area contributed by atoms with Crippen LogP contribution in [0.3, 0.4) is 0 Å². The lowest BCUT2D eigenvalue weighted by Crippen LogP contribution is -2.12. The van der Waals surface area contributed by atoms with E-state index in [0.29, 0.717) is 6.61 Å². The second-order valence-electron chi connectivity index (χ2n) is 3.88. The Balaban J connectivity index is 1.84. The van der Waals surface area contributed by atoms with E-state index < -0.39 is 0 Å². The van der Waals surface area contributed by atoms with Crippen LogP contribution in [0.25, 0.3) is 0 Å². The van der Waals surface area contributed by atoms with Crippen LogP contribution in [0.2, 0.25) is 0 Å². The zero-order valence-corrected chi connectivity index (χ0v) is 10.1. The summed E-state index contributed by atoms with van der Waals surface area (Å²) >= 11 is 0. The van der Waals surface area contributed by atoms with Crippen LogP contribution in [0.5, 0.6) is 5.75 Å². The fourth-order valence-corrected chi connectivity index (χ4v) is 1.73. The quantitative estimate of drug-likeness (QED) is 0.800. The smallest absolute Gasteiger partial charge is 0.119 e. The first kappa shape index (κ1) is 11.7. The summed E-state index contributed by atoms with van der Waals surface area (Å²) in [7, 11) is 0. The molecule has 17 heavy (non-hydrogen) atoms. The predicted molar refractivity (Wildman–Crippen MR) is 68.9 cm³/mol. The lowest BCUT2D eigenvalue weighted by Gasteiger charge is -2.07. The molecule has 2 aromatic rings. The number of nitrogens with one attached hydrogen (secondary N) is 2. The number of H-pyrrole nitrogens is 1. The summed E-state index contributed by atoms with van der Waals surface area (Å²) in [5, 5.41) is 3.39. The third-order valence-electron chi connectivity index (χ3n) is 2.52. The van der Waals surface area contributed by atoms with Crippen LogP contribution >= 0.6 is 0 Å². The van der Waals surface area contributed by atoms with Crippen LogP contribution in [-0.4, -0.2) is 11.6 Å². The molecule has 0 aliphatic carbocycles. The van der Waals surface area contributed by atoms with Crippen molar-refractivity contribution < 1.29 is 4.74 Å². The normalized spacial score (nSPS) is 10.4. The van der Waals surface area contributed by atoms with Crippen molar-refractivity contribution in [2.75, 3.05) is 6.61 Å². The highest BCUT2D eigenvalue weighted by atomic mass is 16.5. The maximum Gasteiger partial charge on any atom is 0.119 e. The van der Waals surface area contributed by atoms with Gasteiger partial charge < -0.3 is 15.0 Å². The Kier molecular flexibility index (Phi) is 4.22. The minimum Gasteiger partial charge on any atom is -0.494 e. The number of hydrogen-bond donors (Lipinski definition) is 2. The maximum absolute atomic E-state index is 5.46. The van der Waals surface area contributed by atoms with Crippen molar-refractivity contribution in [2.24, 2.45) is 0 Å². The van der Waals surface area contributed by atoms with Crippen LogP contribution in [0.1, 0.15) is 18.2 Å². The van der Waals surface area contributed by atoms with Gasteiger partial charge in [-0.25, -0.2) is 0 Å². The van der Waals surface area contributed by atoms with Gasteiger partial charge >= 0.3 is 0 Å². The van der Waals surface area contributed by atoms with Gasteiger partial charge in [-0.15, -0.1) is 0 Å². The summed E-state index contributed by atoms with van der Waals surface area (Å²) in [4.78, 5) is 3.17. The van der Waals surface area contributed by atoms with E-state index in [1.165, 1.54) is 11.3 Å². The predicted octanol–water partition coefficient (Wildman–Crippen LogP) is 2.70. The van der Waals surface area contributed by atoms with Crippen molar-refractivity contribution in [1.29, 1.82) is 0 Å². The van der Waals surface area contributed by atoms with Crippen molar-refractivity contribution in [2.45, 2.75) is 20.0 Å². The van der Waals surface area contributed by atoms with E-state index in [0.717, 1.165) is 18.8 Å². The second-order valence-corrected chi connectivity index (χ2v) is 3.88. The number of rotatable bonds is 6. The monoisotopic (exact) mass is 230 g/mol. The lowest BCUT2D eigenvalue weighted by molar-refractivity contribution is 0.340. The van der Waals surface area contributed by atoms with E-state index in [2.05, 4.69) is 28.5 Å². The fourth-order valence-electron chi connectivity index (χ4n) is 1.73. The Morgan fingerprint density at radius 1 is 1.18 bits per heavy atom. The van der Waals surface area contributed by atoms with E-state index in [-0.39, 0.29) is 0 Å². The zero-order chi connectivity index (χ0) is 11.9. The molecule has 2 rings (SSSR count). The van der Waals surface area contributed by atoms with Crippen molar-refractivity contribution in [3.05, 3.63) is 53.9 Å². The highest BCUT2D eigenvalue weighted by Crippen LogP contribution is 2.13. The minimum atomic E-state index is 0.708. The number of ether oxygens (including phenoxy) is 1. The molecule has 0 saturated carbocycles. The van der Waals surface area contributed by atoms with Gasteiger partial charge in [-0.1, -0.05) is 12.1 Å². The van der Waals surface area contributed by atoms with Crippen molar-refractivity contribution in [3.8, 4) is 5.75 Å². The molecule has 0 fully saturated rings. The van der Waals surface area contributed by atoms with E-state index in [1.54, 1.807) is 0 Å². The molecular weight excluding hydrogens is 212 g/mol. The molecule has 3 nitrogen and oxygen atoms in total. The number of aromatic amines is 1. The van der Waals surface area contributed by atoms with Gasteiger partial charge in [0.05, 0.1) is 6.61 Å². The van der Waals surface area contributed by atoms with Gasteiger partial charge in [-0.05, 0) is 36.8 Å². The molecule has 3 heteroatoms. The number of hydrogen-bond acceptors (Lipinski definition) is 2. The van der Waals surface area contributed by atoms with Gasteiger partial charge in [-0.3, -0.25) is 0 Å². The third kappa shape index (κ3) is 3.64. The zero-order valence-electron chi connectivity index (χ0n) is 10.1. The maximum atomic E-state index is 5.46. The molecular formula is C14H18N2O. The Bertz CT molecular complexity index is 437. The average Bonchev–Trinajstić information content (AvgIpc) is 2.83. The molecule has 90 valence electrons. The fraction of sp³-hybridized carbons (Fsp3) is 0.286. The number of benzene rings is 1. The molecule has 0 aliphatic rings. The molecule has 0 aliphatic heterocycles. The average molecular weight is 230 g/mol. The summed E-state index contributed by atoms with van der Waals surface area (Å²) in [6, 6.07) is 12.3.